The molecule has 0 saturated carbocycles. The van der Waals surface area contributed by atoms with Crippen molar-refractivity contribution in [3.8, 4) is 5.75 Å². The van der Waals surface area contributed by atoms with Gasteiger partial charge in [0.15, 0.2) is 0 Å². The van der Waals surface area contributed by atoms with Gasteiger partial charge in [-0.3, -0.25) is 14.6 Å². The number of carboxylic acids is 1. The molecule has 2 amide bonds. The molecular formula is C24H36N6O5. The molecule has 1 aromatic carbocycles. The summed E-state index contributed by atoms with van der Waals surface area (Å²) < 4.78 is 5.38. The highest BCUT2D eigenvalue weighted by atomic mass is 16.5. The van der Waals surface area contributed by atoms with Gasteiger partial charge in [-0.05, 0) is 51.3 Å². The standard InChI is InChI=1S/C24H36N6O5/c1-15(29-19-13-17(35-2)12-16-7-5-11-28-22(16)19)6-4-10-27-21(31)14-20(24(33)34)30-23(32)18(26)8-3-9-25/h5,7,11-13,15,18,20,29H,3-4,6,8-10,14,25-26H2,1-2H3,(H,27,31)(H,30,32)(H,33,34)/t15?,18-,20+/m1/s1. The molecule has 1 heterocycles. The maximum Gasteiger partial charge on any atom is 0.326 e. The molecule has 0 fully saturated rings. The van der Waals surface area contributed by atoms with Gasteiger partial charge in [0.05, 0.1) is 30.8 Å². The van der Waals surface area contributed by atoms with E-state index in [1.807, 2.05) is 31.2 Å². The first-order chi connectivity index (χ1) is 16.7. The molecular weight excluding hydrogens is 452 g/mol. The van der Waals surface area contributed by atoms with Crippen LogP contribution >= 0.6 is 0 Å². The number of aliphatic carboxylic acids is 1. The monoisotopic (exact) mass is 488 g/mol. The number of rotatable bonds is 15. The number of carbonyl (C=O) groups is 3. The number of carbonyl (C=O) groups excluding carboxylic acids is 2. The molecule has 1 unspecified atom stereocenters. The molecule has 0 saturated heterocycles. The molecule has 8 N–H and O–H groups in total. The number of nitrogens with zero attached hydrogens (tertiary/aromatic N) is 1. The minimum Gasteiger partial charge on any atom is -0.497 e. The van der Waals surface area contributed by atoms with E-state index in [4.69, 9.17) is 16.2 Å². The Bertz CT molecular complexity index is 1000. The predicted molar refractivity (Wildman–Crippen MR) is 134 cm³/mol. The lowest BCUT2D eigenvalue weighted by Crippen LogP contribution is -2.50. The summed E-state index contributed by atoms with van der Waals surface area (Å²) in [6.45, 7) is 2.78. The minimum absolute atomic E-state index is 0.0882. The van der Waals surface area contributed by atoms with Crippen molar-refractivity contribution < 1.29 is 24.2 Å². The van der Waals surface area contributed by atoms with Gasteiger partial charge in [0.2, 0.25) is 11.8 Å². The van der Waals surface area contributed by atoms with Crippen LogP contribution in [0.2, 0.25) is 0 Å². The zero-order chi connectivity index (χ0) is 25.8. The number of benzene rings is 1. The highest BCUT2D eigenvalue weighted by Crippen LogP contribution is 2.28. The Balaban J connectivity index is 1.79. The van der Waals surface area contributed by atoms with Crippen molar-refractivity contribution in [3.05, 3.63) is 30.5 Å². The highest BCUT2D eigenvalue weighted by molar-refractivity contribution is 5.92. The van der Waals surface area contributed by atoms with Crippen molar-refractivity contribution in [2.45, 2.75) is 57.2 Å². The molecule has 0 aliphatic rings. The van der Waals surface area contributed by atoms with Gasteiger partial charge >= 0.3 is 5.97 Å². The third kappa shape index (κ3) is 9.02. The lowest BCUT2D eigenvalue weighted by molar-refractivity contribution is -0.143. The maximum atomic E-state index is 12.2. The minimum atomic E-state index is -1.35. The number of nitrogens with one attached hydrogen (secondary N) is 3. The van der Waals surface area contributed by atoms with Crippen LogP contribution in [0, 0.1) is 0 Å². The summed E-state index contributed by atoms with van der Waals surface area (Å²) >= 11 is 0. The maximum absolute atomic E-state index is 12.2. The molecule has 192 valence electrons. The molecule has 0 bridgehead atoms. The van der Waals surface area contributed by atoms with Gasteiger partial charge in [-0.2, -0.15) is 0 Å². The first kappa shape index (κ1) is 27.8. The van der Waals surface area contributed by atoms with Crippen molar-refractivity contribution in [2.24, 2.45) is 11.5 Å². The van der Waals surface area contributed by atoms with E-state index in [1.54, 1.807) is 13.3 Å². The molecule has 2 aromatic rings. The predicted octanol–water partition coefficient (Wildman–Crippen LogP) is 0.966. The van der Waals surface area contributed by atoms with Crippen LogP contribution in [0.5, 0.6) is 5.75 Å². The molecule has 0 aliphatic heterocycles. The number of nitrogens with two attached hydrogens (primary N) is 2. The van der Waals surface area contributed by atoms with Crippen molar-refractivity contribution in [1.29, 1.82) is 0 Å². The van der Waals surface area contributed by atoms with E-state index in [9.17, 15) is 19.5 Å². The molecule has 35 heavy (non-hydrogen) atoms. The van der Waals surface area contributed by atoms with E-state index in [0.717, 1.165) is 28.8 Å². The largest absolute Gasteiger partial charge is 0.497 e. The Kier molecular flexibility index (Phi) is 11.2. The van der Waals surface area contributed by atoms with Crippen LogP contribution in [0.3, 0.4) is 0 Å². The first-order valence-corrected chi connectivity index (χ1v) is 11.7. The van der Waals surface area contributed by atoms with Crippen LogP contribution in [-0.2, 0) is 14.4 Å². The fourth-order valence-corrected chi connectivity index (χ4v) is 3.57. The van der Waals surface area contributed by atoms with Crippen LogP contribution in [0.4, 0.5) is 5.69 Å². The Hall–Kier alpha value is -3.44. The fourth-order valence-electron chi connectivity index (χ4n) is 3.57. The topological polar surface area (TPSA) is 182 Å². The smallest absolute Gasteiger partial charge is 0.326 e. The Labute approximate surface area is 205 Å². The SMILES string of the molecule is COc1cc(NC(C)CCCNC(=O)C[C@H](NC(=O)[C@H](N)CCCN)C(=O)O)c2ncccc2c1. The molecule has 0 spiro atoms. The third-order valence-corrected chi connectivity index (χ3v) is 5.51. The van der Waals surface area contributed by atoms with Gasteiger partial charge in [-0.15, -0.1) is 0 Å². The van der Waals surface area contributed by atoms with Gasteiger partial charge in [-0.25, -0.2) is 4.79 Å². The lowest BCUT2D eigenvalue weighted by Gasteiger charge is -2.18. The number of pyridine rings is 1. The molecule has 0 radical (unpaired) electrons. The van der Waals surface area contributed by atoms with E-state index >= 15 is 0 Å². The normalized spacial score (nSPS) is 13.5. The van der Waals surface area contributed by atoms with Gasteiger partial charge in [0.25, 0.3) is 0 Å². The average molecular weight is 489 g/mol. The number of anilines is 1. The van der Waals surface area contributed by atoms with Gasteiger partial charge < -0.3 is 37.3 Å². The molecule has 3 atom stereocenters. The zero-order valence-electron chi connectivity index (χ0n) is 20.3. The van der Waals surface area contributed by atoms with Crippen LogP contribution in [0.1, 0.15) is 39.0 Å². The number of carboxylic acid groups (broad SMARTS) is 1. The summed E-state index contributed by atoms with van der Waals surface area (Å²) in [7, 11) is 1.62. The molecule has 0 aliphatic carbocycles. The van der Waals surface area contributed by atoms with E-state index in [2.05, 4.69) is 20.9 Å². The third-order valence-electron chi connectivity index (χ3n) is 5.51. The summed E-state index contributed by atoms with van der Waals surface area (Å²) in [5, 5.41) is 18.8. The second-order valence-electron chi connectivity index (χ2n) is 8.43. The second-order valence-corrected chi connectivity index (χ2v) is 8.43. The van der Waals surface area contributed by atoms with Crippen LogP contribution in [0.15, 0.2) is 30.5 Å². The van der Waals surface area contributed by atoms with Crippen LogP contribution in [0.25, 0.3) is 10.9 Å². The summed E-state index contributed by atoms with van der Waals surface area (Å²) in [6.07, 6.45) is 3.67. The quantitative estimate of drug-likeness (QED) is 0.199. The first-order valence-electron chi connectivity index (χ1n) is 11.7. The number of aromatic nitrogens is 1. The van der Waals surface area contributed by atoms with E-state index < -0.39 is 29.9 Å². The van der Waals surface area contributed by atoms with E-state index in [-0.39, 0.29) is 12.5 Å². The molecule has 1 aromatic heterocycles. The Morgan fingerprint density at radius 3 is 2.66 bits per heavy atom. The summed E-state index contributed by atoms with van der Waals surface area (Å²) in [6, 6.07) is 5.54. The van der Waals surface area contributed by atoms with Crippen LogP contribution < -0.4 is 32.2 Å². The molecule has 11 nitrogen and oxygen atoms in total. The van der Waals surface area contributed by atoms with Gasteiger partial charge in [0, 0.05) is 30.2 Å². The van der Waals surface area contributed by atoms with Crippen molar-refractivity contribution in [3.63, 3.8) is 0 Å². The summed E-state index contributed by atoms with van der Waals surface area (Å²) in [4.78, 5) is 40.2. The lowest BCUT2D eigenvalue weighted by atomic mass is 10.1. The molecule has 2 rings (SSSR count). The van der Waals surface area contributed by atoms with Crippen molar-refractivity contribution in [2.75, 3.05) is 25.5 Å². The number of methoxy groups -OCH3 is 1. The number of ether oxygens (including phenoxy) is 1. The van der Waals surface area contributed by atoms with Crippen molar-refractivity contribution in [1.82, 2.24) is 15.6 Å². The van der Waals surface area contributed by atoms with E-state index in [0.29, 0.717) is 32.4 Å². The highest BCUT2D eigenvalue weighted by Gasteiger charge is 2.25. The van der Waals surface area contributed by atoms with Crippen LogP contribution in [-0.4, -0.2) is 66.2 Å². The van der Waals surface area contributed by atoms with Gasteiger partial charge in [0.1, 0.15) is 11.8 Å². The summed E-state index contributed by atoms with van der Waals surface area (Å²) in [5.74, 6) is -1.64. The average Bonchev–Trinajstić information content (AvgIpc) is 2.84. The van der Waals surface area contributed by atoms with Crippen molar-refractivity contribution >= 4 is 34.4 Å². The number of amides is 2. The zero-order valence-corrected chi connectivity index (χ0v) is 20.3. The Morgan fingerprint density at radius 1 is 1.20 bits per heavy atom. The van der Waals surface area contributed by atoms with E-state index in [1.165, 1.54) is 0 Å². The number of hydrogen-bond acceptors (Lipinski definition) is 8. The number of hydrogen-bond donors (Lipinski definition) is 6. The second kappa shape index (κ2) is 14.1. The fraction of sp³-hybridized carbons (Fsp3) is 0.500. The Morgan fingerprint density at radius 2 is 1.97 bits per heavy atom. The number of fused-ring (bicyclic) bond motifs is 1. The molecule has 11 heteroatoms. The van der Waals surface area contributed by atoms with Gasteiger partial charge in [-0.1, -0.05) is 6.07 Å². The summed E-state index contributed by atoms with van der Waals surface area (Å²) in [5.41, 5.74) is 12.8.